The van der Waals surface area contributed by atoms with Crippen molar-refractivity contribution in [1.82, 2.24) is 0 Å². The Morgan fingerprint density at radius 2 is 1.89 bits per heavy atom. The summed E-state index contributed by atoms with van der Waals surface area (Å²) in [6, 6.07) is 11.5. The fourth-order valence-corrected chi connectivity index (χ4v) is 1.71. The van der Waals surface area contributed by atoms with Crippen LogP contribution >= 0.6 is 11.6 Å². The summed E-state index contributed by atoms with van der Waals surface area (Å²) in [4.78, 5) is 10.6. The molecule has 6 heteroatoms. The van der Waals surface area contributed by atoms with Gasteiger partial charge in [0.05, 0.1) is 18.1 Å². The van der Waals surface area contributed by atoms with Crippen molar-refractivity contribution in [2.24, 2.45) is 0 Å². The molecule has 19 heavy (non-hydrogen) atoms. The topological polar surface area (TPSA) is 64.4 Å². The first-order valence-electron chi connectivity index (χ1n) is 5.45. The molecule has 0 aliphatic carbocycles. The largest absolute Gasteiger partial charge is 0.496 e. The minimum atomic E-state index is -0.458. The average molecular weight is 279 g/mol. The molecule has 0 aliphatic rings. The number of nitrogens with zero attached hydrogens (tertiary/aromatic N) is 1. The lowest BCUT2D eigenvalue weighted by atomic mass is 10.2. The molecule has 0 amide bonds. The molecule has 0 unspecified atom stereocenters. The molecule has 0 bridgehead atoms. The summed E-state index contributed by atoms with van der Waals surface area (Å²) in [5.74, 6) is 0.438. The molecule has 0 aliphatic heterocycles. The second kappa shape index (κ2) is 5.58. The summed E-state index contributed by atoms with van der Waals surface area (Å²) in [6.45, 7) is 0. The molecule has 5 nitrogen and oxygen atoms in total. The molecule has 0 radical (unpaired) electrons. The highest BCUT2D eigenvalue weighted by molar-refractivity contribution is 6.30. The van der Waals surface area contributed by atoms with E-state index in [-0.39, 0.29) is 5.69 Å². The highest BCUT2D eigenvalue weighted by Crippen LogP contribution is 2.31. The van der Waals surface area contributed by atoms with Gasteiger partial charge in [-0.2, -0.15) is 0 Å². The van der Waals surface area contributed by atoms with Crippen LogP contribution in [0.15, 0.2) is 42.5 Å². The summed E-state index contributed by atoms with van der Waals surface area (Å²) < 4.78 is 4.98. The molecular formula is C13H11ClN2O3. The molecule has 2 aromatic rings. The third kappa shape index (κ3) is 3.14. The van der Waals surface area contributed by atoms with Crippen molar-refractivity contribution in [3.05, 3.63) is 57.6 Å². The van der Waals surface area contributed by atoms with Crippen LogP contribution in [0, 0.1) is 10.1 Å². The number of methoxy groups -OCH3 is 1. The van der Waals surface area contributed by atoms with Gasteiger partial charge in [-0.25, -0.2) is 0 Å². The number of rotatable bonds is 4. The Labute approximate surface area is 114 Å². The molecule has 0 saturated heterocycles. The van der Waals surface area contributed by atoms with Crippen molar-refractivity contribution in [3.8, 4) is 5.75 Å². The fraction of sp³-hybridized carbons (Fsp3) is 0.0769. The van der Waals surface area contributed by atoms with E-state index in [0.717, 1.165) is 5.69 Å². The second-order valence-electron chi connectivity index (χ2n) is 3.77. The van der Waals surface area contributed by atoms with Crippen LogP contribution < -0.4 is 10.1 Å². The number of halogens is 1. The highest BCUT2D eigenvalue weighted by atomic mass is 35.5. The fourth-order valence-electron chi connectivity index (χ4n) is 1.58. The Morgan fingerprint density at radius 1 is 1.21 bits per heavy atom. The Kier molecular flexibility index (Phi) is 3.87. The van der Waals surface area contributed by atoms with Gasteiger partial charge in [0.1, 0.15) is 11.4 Å². The number of nitro benzene ring substituents is 1. The van der Waals surface area contributed by atoms with Crippen molar-refractivity contribution < 1.29 is 9.66 Å². The van der Waals surface area contributed by atoms with Crippen molar-refractivity contribution in [1.29, 1.82) is 0 Å². The van der Waals surface area contributed by atoms with E-state index in [9.17, 15) is 10.1 Å². The van der Waals surface area contributed by atoms with E-state index in [1.165, 1.54) is 13.2 Å². The predicted molar refractivity (Wildman–Crippen MR) is 74.4 cm³/mol. The van der Waals surface area contributed by atoms with E-state index < -0.39 is 4.92 Å². The number of nitro groups is 1. The van der Waals surface area contributed by atoms with Gasteiger partial charge in [0.25, 0.3) is 5.69 Å². The monoisotopic (exact) mass is 278 g/mol. The first-order chi connectivity index (χ1) is 9.10. The molecule has 0 saturated carbocycles. The van der Waals surface area contributed by atoms with Crippen LogP contribution in [0.25, 0.3) is 0 Å². The van der Waals surface area contributed by atoms with Crippen molar-refractivity contribution in [2.45, 2.75) is 0 Å². The first-order valence-corrected chi connectivity index (χ1v) is 5.83. The van der Waals surface area contributed by atoms with Gasteiger partial charge >= 0.3 is 0 Å². The maximum Gasteiger partial charge on any atom is 0.296 e. The van der Waals surface area contributed by atoms with E-state index in [2.05, 4.69) is 5.32 Å². The number of hydrogen-bond acceptors (Lipinski definition) is 4. The zero-order chi connectivity index (χ0) is 13.8. The molecule has 0 heterocycles. The Morgan fingerprint density at radius 3 is 2.47 bits per heavy atom. The van der Waals surface area contributed by atoms with Crippen LogP contribution in [-0.4, -0.2) is 12.0 Å². The van der Waals surface area contributed by atoms with Gasteiger partial charge < -0.3 is 10.1 Å². The Balaban J connectivity index is 2.33. The molecule has 1 N–H and O–H groups in total. The quantitative estimate of drug-likeness (QED) is 0.678. The van der Waals surface area contributed by atoms with E-state index in [1.807, 2.05) is 0 Å². The Hall–Kier alpha value is -2.27. The van der Waals surface area contributed by atoms with Gasteiger partial charge in [0, 0.05) is 10.7 Å². The third-order valence-electron chi connectivity index (χ3n) is 2.52. The summed E-state index contributed by atoms with van der Waals surface area (Å²) in [5, 5.41) is 14.6. The van der Waals surface area contributed by atoms with Crippen molar-refractivity contribution in [2.75, 3.05) is 12.4 Å². The normalized spacial score (nSPS) is 10.0. The van der Waals surface area contributed by atoms with E-state index >= 15 is 0 Å². The van der Waals surface area contributed by atoms with Gasteiger partial charge in [-0.1, -0.05) is 11.6 Å². The average Bonchev–Trinajstić information content (AvgIpc) is 2.41. The molecular weight excluding hydrogens is 268 g/mol. The minimum Gasteiger partial charge on any atom is -0.496 e. The van der Waals surface area contributed by atoms with Gasteiger partial charge in [0.15, 0.2) is 0 Å². The molecule has 0 atom stereocenters. The summed E-state index contributed by atoms with van der Waals surface area (Å²) >= 11 is 5.78. The maximum atomic E-state index is 11.0. The standard InChI is InChI=1S/C13H11ClN2O3/c1-19-11-6-7-12(13(8-11)16(17)18)15-10-4-2-9(14)3-5-10/h2-8,15H,1H3. The molecule has 2 aromatic carbocycles. The maximum absolute atomic E-state index is 11.0. The molecule has 0 aromatic heterocycles. The highest BCUT2D eigenvalue weighted by Gasteiger charge is 2.15. The van der Waals surface area contributed by atoms with E-state index in [1.54, 1.807) is 36.4 Å². The Bertz CT molecular complexity index is 599. The number of ether oxygens (including phenoxy) is 1. The van der Waals surface area contributed by atoms with Gasteiger partial charge in [-0.05, 0) is 36.4 Å². The molecule has 2 rings (SSSR count). The zero-order valence-corrected chi connectivity index (χ0v) is 10.8. The van der Waals surface area contributed by atoms with Gasteiger partial charge in [-0.3, -0.25) is 10.1 Å². The van der Waals surface area contributed by atoms with Crippen LogP contribution in [0.2, 0.25) is 5.02 Å². The van der Waals surface area contributed by atoms with Gasteiger partial charge in [0.2, 0.25) is 0 Å². The number of nitrogens with one attached hydrogen (secondary N) is 1. The predicted octanol–water partition coefficient (Wildman–Crippen LogP) is 4.00. The SMILES string of the molecule is COc1ccc(Nc2ccc(Cl)cc2)c([N+](=O)[O-])c1. The van der Waals surface area contributed by atoms with Crippen molar-refractivity contribution >= 4 is 28.7 Å². The summed E-state index contributed by atoms with van der Waals surface area (Å²) in [7, 11) is 1.46. The second-order valence-corrected chi connectivity index (χ2v) is 4.21. The summed E-state index contributed by atoms with van der Waals surface area (Å²) in [5.41, 5.74) is 1.07. The van der Waals surface area contributed by atoms with Crippen LogP contribution in [0.4, 0.5) is 17.1 Å². The summed E-state index contributed by atoms with van der Waals surface area (Å²) in [6.07, 6.45) is 0. The molecule has 0 spiro atoms. The minimum absolute atomic E-state index is 0.0469. The van der Waals surface area contributed by atoms with Crippen molar-refractivity contribution in [3.63, 3.8) is 0 Å². The number of benzene rings is 2. The van der Waals surface area contributed by atoms with Crippen LogP contribution in [0.5, 0.6) is 5.75 Å². The lowest BCUT2D eigenvalue weighted by Gasteiger charge is -2.08. The van der Waals surface area contributed by atoms with E-state index in [0.29, 0.717) is 16.5 Å². The molecule has 98 valence electrons. The lowest BCUT2D eigenvalue weighted by molar-refractivity contribution is -0.384. The van der Waals surface area contributed by atoms with E-state index in [4.69, 9.17) is 16.3 Å². The third-order valence-corrected chi connectivity index (χ3v) is 2.78. The zero-order valence-electron chi connectivity index (χ0n) is 10.1. The van der Waals surface area contributed by atoms with Crippen LogP contribution in [-0.2, 0) is 0 Å². The number of anilines is 2. The lowest BCUT2D eigenvalue weighted by Crippen LogP contribution is -1.97. The molecule has 0 fully saturated rings. The smallest absolute Gasteiger partial charge is 0.296 e. The first kappa shape index (κ1) is 13.2. The number of hydrogen-bond donors (Lipinski definition) is 1. The van der Waals surface area contributed by atoms with Crippen LogP contribution in [0.1, 0.15) is 0 Å². The van der Waals surface area contributed by atoms with Gasteiger partial charge in [-0.15, -0.1) is 0 Å². The van der Waals surface area contributed by atoms with Crippen LogP contribution in [0.3, 0.4) is 0 Å².